The third-order valence-electron chi connectivity index (χ3n) is 4.17. The average Bonchev–Trinajstić information content (AvgIpc) is 3.01. The van der Waals surface area contributed by atoms with E-state index in [0.29, 0.717) is 17.9 Å². The van der Waals surface area contributed by atoms with E-state index in [-0.39, 0.29) is 5.78 Å². The molecule has 0 bridgehead atoms. The molecule has 1 fully saturated rings. The number of carbonyl (C=O) groups is 1. The molecular formula is C18H20BrN3O2S2. The van der Waals surface area contributed by atoms with Crippen molar-refractivity contribution in [1.29, 1.82) is 0 Å². The summed E-state index contributed by atoms with van der Waals surface area (Å²) in [6.45, 7) is 3.11. The molecule has 0 unspecified atom stereocenters. The Bertz CT molecular complexity index is 792. The van der Waals surface area contributed by atoms with Crippen molar-refractivity contribution in [3.63, 3.8) is 0 Å². The predicted octanol–water partition coefficient (Wildman–Crippen LogP) is 3.56. The molecule has 1 aromatic carbocycles. The molecule has 0 aliphatic carbocycles. The number of imidazole rings is 1. The molecule has 0 atom stereocenters. The summed E-state index contributed by atoms with van der Waals surface area (Å²) in [5.41, 5.74) is 1.26. The van der Waals surface area contributed by atoms with Crippen molar-refractivity contribution in [2.75, 3.05) is 32.1 Å². The molecule has 0 spiro atoms. The fourth-order valence-electron chi connectivity index (χ4n) is 2.69. The second kappa shape index (κ2) is 9.12. The van der Waals surface area contributed by atoms with Crippen molar-refractivity contribution in [3.05, 3.63) is 46.2 Å². The number of morpholine rings is 1. The third kappa shape index (κ3) is 4.73. The molecule has 0 N–H and O–H groups in total. The van der Waals surface area contributed by atoms with Crippen LogP contribution in [0.1, 0.15) is 22.5 Å². The number of ketones is 1. The normalized spacial score (nSPS) is 14.7. The Kier molecular flexibility index (Phi) is 6.86. The molecule has 0 amide bonds. The quantitative estimate of drug-likeness (QED) is 0.276. The number of ether oxygens (including phenoxy) is 1. The number of hydrogen-bond donors (Lipinski definition) is 0. The van der Waals surface area contributed by atoms with Crippen LogP contribution in [0.3, 0.4) is 0 Å². The van der Waals surface area contributed by atoms with Crippen LogP contribution in [0, 0.1) is 0 Å². The molecule has 8 heteroatoms. The molecule has 26 heavy (non-hydrogen) atoms. The van der Waals surface area contributed by atoms with Crippen molar-refractivity contribution in [2.45, 2.75) is 11.6 Å². The molecular weight excluding hydrogens is 434 g/mol. The molecule has 0 radical (unpaired) electrons. The maximum atomic E-state index is 12.6. The van der Waals surface area contributed by atoms with E-state index < -0.39 is 0 Å². The zero-order valence-corrected chi connectivity index (χ0v) is 17.7. The Morgan fingerprint density at radius 3 is 2.88 bits per heavy atom. The van der Waals surface area contributed by atoms with Gasteiger partial charge in [0, 0.05) is 35.9 Å². The Labute approximate surface area is 171 Å². The first-order valence-electron chi connectivity index (χ1n) is 8.36. The summed E-state index contributed by atoms with van der Waals surface area (Å²) in [6, 6.07) is 7.37. The van der Waals surface area contributed by atoms with E-state index in [1.165, 1.54) is 0 Å². The number of carbonyl (C=O) groups excluding carboxylic acids is 1. The fourth-order valence-corrected chi connectivity index (χ4v) is 4.10. The Morgan fingerprint density at radius 2 is 2.15 bits per heavy atom. The van der Waals surface area contributed by atoms with Gasteiger partial charge in [0.25, 0.3) is 0 Å². The molecule has 1 aromatic heterocycles. The molecule has 1 saturated heterocycles. The van der Waals surface area contributed by atoms with Gasteiger partial charge in [0.05, 0.1) is 19.4 Å². The average molecular weight is 454 g/mol. The second-order valence-corrected chi connectivity index (χ2v) is 8.41. The van der Waals surface area contributed by atoms with Crippen LogP contribution in [0.15, 0.2) is 40.1 Å². The summed E-state index contributed by atoms with van der Waals surface area (Å²) < 4.78 is 8.16. The van der Waals surface area contributed by atoms with Crippen molar-refractivity contribution in [3.8, 4) is 0 Å². The van der Waals surface area contributed by atoms with Crippen LogP contribution in [-0.4, -0.2) is 57.3 Å². The highest BCUT2D eigenvalue weighted by atomic mass is 79.9. The number of hydrogen-bond acceptors (Lipinski definition) is 5. The molecule has 5 nitrogen and oxygen atoms in total. The lowest BCUT2D eigenvalue weighted by Gasteiger charge is -2.29. The van der Waals surface area contributed by atoms with Gasteiger partial charge in [0.1, 0.15) is 10.7 Å². The number of rotatable bonds is 7. The second-order valence-electron chi connectivity index (χ2n) is 5.96. The van der Waals surface area contributed by atoms with Gasteiger partial charge in [-0.3, -0.25) is 4.79 Å². The van der Waals surface area contributed by atoms with Crippen LogP contribution in [0.25, 0.3) is 0 Å². The minimum Gasteiger partial charge on any atom is -0.372 e. The maximum Gasteiger partial charge on any atom is 0.211 e. The van der Waals surface area contributed by atoms with Crippen molar-refractivity contribution in [2.24, 2.45) is 7.05 Å². The third-order valence-corrected chi connectivity index (χ3v) is 6.21. The lowest BCUT2D eigenvalue weighted by atomic mass is 10.1. The molecule has 3 rings (SSSR count). The highest BCUT2D eigenvalue weighted by Crippen LogP contribution is 2.21. The Morgan fingerprint density at radius 1 is 1.38 bits per heavy atom. The van der Waals surface area contributed by atoms with E-state index in [1.54, 1.807) is 18.0 Å². The summed E-state index contributed by atoms with van der Waals surface area (Å²) in [5.74, 6) is 0.912. The van der Waals surface area contributed by atoms with Crippen LogP contribution >= 0.6 is 39.9 Å². The van der Waals surface area contributed by atoms with Crippen molar-refractivity contribution in [1.82, 2.24) is 14.5 Å². The SMILES string of the molecule is Cn1c(C(=O)c2ccc(Br)cc2)cnc1SCCCN1CCOCC1=S. The van der Waals surface area contributed by atoms with Gasteiger partial charge in [0.2, 0.25) is 5.78 Å². The number of thioether (sulfide) groups is 1. The zero-order valence-electron chi connectivity index (χ0n) is 14.5. The van der Waals surface area contributed by atoms with E-state index in [9.17, 15) is 4.79 Å². The first-order chi connectivity index (χ1) is 12.6. The van der Waals surface area contributed by atoms with E-state index in [4.69, 9.17) is 17.0 Å². The number of benzene rings is 1. The van der Waals surface area contributed by atoms with Gasteiger partial charge in [-0.15, -0.1) is 0 Å². The highest BCUT2D eigenvalue weighted by molar-refractivity contribution is 9.10. The van der Waals surface area contributed by atoms with Gasteiger partial charge in [0.15, 0.2) is 5.16 Å². The largest absolute Gasteiger partial charge is 0.372 e. The van der Waals surface area contributed by atoms with Crippen molar-refractivity contribution < 1.29 is 9.53 Å². The summed E-state index contributed by atoms with van der Waals surface area (Å²) in [7, 11) is 1.89. The van der Waals surface area contributed by atoms with Crippen LogP contribution < -0.4 is 0 Å². The van der Waals surface area contributed by atoms with E-state index >= 15 is 0 Å². The van der Waals surface area contributed by atoms with E-state index in [2.05, 4.69) is 25.8 Å². The highest BCUT2D eigenvalue weighted by Gasteiger charge is 2.17. The minimum atomic E-state index is -0.0157. The van der Waals surface area contributed by atoms with E-state index in [1.807, 2.05) is 35.9 Å². The lowest BCUT2D eigenvalue weighted by Crippen LogP contribution is -2.41. The smallest absolute Gasteiger partial charge is 0.211 e. The lowest BCUT2D eigenvalue weighted by molar-refractivity contribution is 0.103. The fraction of sp³-hybridized carbons (Fsp3) is 0.389. The molecule has 1 aliphatic heterocycles. The van der Waals surface area contributed by atoms with Crippen LogP contribution in [0.4, 0.5) is 0 Å². The summed E-state index contributed by atoms with van der Waals surface area (Å²) >= 11 is 10.4. The first-order valence-corrected chi connectivity index (χ1v) is 10.6. The number of aromatic nitrogens is 2. The van der Waals surface area contributed by atoms with Gasteiger partial charge in [-0.05, 0) is 30.7 Å². The zero-order chi connectivity index (χ0) is 18.5. The standard InChI is InChI=1S/C18H20BrN3O2S2/c1-21-15(17(23)13-3-5-14(19)6-4-13)11-20-18(21)26-10-2-7-22-8-9-24-12-16(22)25/h3-6,11H,2,7-10,12H2,1H3. The summed E-state index contributed by atoms with van der Waals surface area (Å²) in [4.78, 5) is 20.2. The van der Waals surface area contributed by atoms with Gasteiger partial charge in [-0.1, -0.05) is 39.9 Å². The number of halogens is 1. The first kappa shape index (κ1) is 19.5. The summed E-state index contributed by atoms with van der Waals surface area (Å²) in [6.07, 6.45) is 2.66. The van der Waals surface area contributed by atoms with Gasteiger partial charge >= 0.3 is 0 Å². The van der Waals surface area contributed by atoms with Gasteiger partial charge < -0.3 is 14.2 Å². The number of thiocarbonyl (C=S) groups is 1. The van der Waals surface area contributed by atoms with Crippen molar-refractivity contribution >= 4 is 50.7 Å². The van der Waals surface area contributed by atoms with E-state index in [0.717, 1.165) is 46.5 Å². The summed E-state index contributed by atoms with van der Waals surface area (Å²) in [5, 5.41) is 0.856. The molecule has 138 valence electrons. The number of nitrogens with zero attached hydrogens (tertiary/aromatic N) is 3. The molecule has 1 aliphatic rings. The molecule has 2 heterocycles. The van der Waals surface area contributed by atoms with Crippen LogP contribution in [-0.2, 0) is 11.8 Å². The van der Waals surface area contributed by atoms with Gasteiger partial charge in [-0.2, -0.15) is 0 Å². The van der Waals surface area contributed by atoms with Crippen LogP contribution in [0.2, 0.25) is 0 Å². The Hall–Kier alpha value is -1.22. The maximum absolute atomic E-state index is 12.6. The minimum absolute atomic E-state index is 0.0157. The molecule has 0 saturated carbocycles. The molecule has 2 aromatic rings. The Balaban J connectivity index is 1.54. The topological polar surface area (TPSA) is 47.4 Å². The monoisotopic (exact) mass is 453 g/mol. The van der Waals surface area contributed by atoms with Crippen LogP contribution in [0.5, 0.6) is 0 Å². The predicted molar refractivity (Wildman–Crippen MR) is 111 cm³/mol. The van der Waals surface area contributed by atoms with Gasteiger partial charge in [-0.25, -0.2) is 4.98 Å².